The zero-order chi connectivity index (χ0) is 32.8. The summed E-state index contributed by atoms with van der Waals surface area (Å²) in [7, 11) is 0. The van der Waals surface area contributed by atoms with Gasteiger partial charge in [-0.2, -0.15) is 0 Å². The Bertz CT molecular complexity index is 1410. The average Bonchev–Trinajstić information content (AvgIpc) is 2.98. The van der Waals surface area contributed by atoms with E-state index in [2.05, 4.69) is 5.32 Å². The van der Waals surface area contributed by atoms with Crippen LogP contribution >= 0.6 is 0 Å². The highest BCUT2D eigenvalue weighted by Gasteiger charge is 2.40. The van der Waals surface area contributed by atoms with Gasteiger partial charge < -0.3 is 34.7 Å². The van der Waals surface area contributed by atoms with E-state index in [1.54, 1.807) is 24.3 Å². The molecular formula is C35H42N2O8. The van der Waals surface area contributed by atoms with E-state index in [1.807, 2.05) is 95.3 Å². The fourth-order valence-electron chi connectivity index (χ4n) is 4.75. The van der Waals surface area contributed by atoms with Crippen molar-refractivity contribution in [2.75, 3.05) is 26.4 Å². The van der Waals surface area contributed by atoms with Crippen molar-refractivity contribution in [3.63, 3.8) is 0 Å². The van der Waals surface area contributed by atoms with Crippen LogP contribution in [0, 0.1) is 5.41 Å². The van der Waals surface area contributed by atoms with Gasteiger partial charge in [-0.1, -0.05) is 75.4 Å². The smallest absolute Gasteiger partial charge is 0.494 e. The van der Waals surface area contributed by atoms with Gasteiger partial charge in [0, 0.05) is 12.0 Å². The molecule has 3 N–H and O–H groups in total. The van der Waals surface area contributed by atoms with E-state index in [4.69, 9.17) is 29.4 Å². The third-order valence-electron chi connectivity index (χ3n) is 6.59. The van der Waals surface area contributed by atoms with Crippen LogP contribution in [0.5, 0.6) is 17.2 Å². The van der Waals surface area contributed by atoms with Gasteiger partial charge in [-0.3, -0.25) is 4.79 Å². The SMILES string of the molecule is CCOc1cc(C=Cc2ccc(OC(=O)OCCNC(=O)C(OC(N)=O)C(c3ccccc3)C(C)(C)C)cc2)cc(OCC)c1. The number of rotatable bonds is 14. The zero-order valence-corrected chi connectivity index (χ0v) is 26.4. The Morgan fingerprint density at radius 1 is 0.822 bits per heavy atom. The third kappa shape index (κ3) is 11.2. The molecule has 0 heterocycles. The number of nitrogens with two attached hydrogens (primary N) is 1. The lowest BCUT2D eigenvalue weighted by Gasteiger charge is -2.35. The van der Waals surface area contributed by atoms with Crippen molar-refractivity contribution in [1.82, 2.24) is 5.32 Å². The molecule has 3 aromatic rings. The molecule has 0 saturated heterocycles. The van der Waals surface area contributed by atoms with Crippen molar-refractivity contribution in [3.8, 4) is 17.2 Å². The van der Waals surface area contributed by atoms with Gasteiger partial charge in [-0.05, 0) is 60.2 Å². The lowest BCUT2D eigenvalue weighted by molar-refractivity contribution is -0.132. The zero-order valence-electron chi connectivity index (χ0n) is 26.4. The molecule has 0 saturated carbocycles. The largest absolute Gasteiger partial charge is 0.513 e. The second kappa shape index (κ2) is 16.7. The molecule has 240 valence electrons. The van der Waals surface area contributed by atoms with Gasteiger partial charge >= 0.3 is 12.2 Å². The van der Waals surface area contributed by atoms with Crippen LogP contribution in [0.1, 0.15) is 57.2 Å². The quantitative estimate of drug-likeness (QED) is 0.0895. The first-order valence-corrected chi connectivity index (χ1v) is 14.8. The molecule has 0 aliphatic rings. The van der Waals surface area contributed by atoms with E-state index >= 15 is 0 Å². The Balaban J connectivity index is 1.53. The molecule has 3 rings (SSSR count). The summed E-state index contributed by atoms with van der Waals surface area (Å²) in [5.74, 6) is 0.707. The molecule has 0 bridgehead atoms. The molecule has 2 unspecified atom stereocenters. The molecule has 10 nitrogen and oxygen atoms in total. The summed E-state index contributed by atoms with van der Waals surface area (Å²) < 4.78 is 26.9. The van der Waals surface area contributed by atoms with Gasteiger partial charge in [0.2, 0.25) is 0 Å². The highest BCUT2D eigenvalue weighted by molar-refractivity contribution is 5.84. The number of amides is 2. The summed E-state index contributed by atoms with van der Waals surface area (Å²) in [6.07, 6.45) is 0.679. The number of hydrogen-bond acceptors (Lipinski definition) is 8. The molecule has 0 aromatic heterocycles. The maximum atomic E-state index is 13.1. The first kappa shape index (κ1) is 34.5. The Hall–Kier alpha value is -4.99. The Morgan fingerprint density at radius 3 is 1.98 bits per heavy atom. The second-order valence-corrected chi connectivity index (χ2v) is 11.1. The summed E-state index contributed by atoms with van der Waals surface area (Å²) in [4.78, 5) is 37.0. The predicted molar refractivity (Wildman–Crippen MR) is 172 cm³/mol. The second-order valence-electron chi connectivity index (χ2n) is 11.1. The molecule has 0 aliphatic carbocycles. The van der Waals surface area contributed by atoms with Crippen LogP contribution in [0.15, 0.2) is 72.8 Å². The first-order valence-electron chi connectivity index (χ1n) is 14.8. The van der Waals surface area contributed by atoms with Gasteiger partial charge in [0.15, 0.2) is 6.10 Å². The molecule has 10 heteroatoms. The predicted octanol–water partition coefficient (Wildman–Crippen LogP) is 6.58. The molecule has 45 heavy (non-hydrogen) atoms. The lowest BCUT2D eigenvalue weighted by Crippen LogP contribution is -2.47. The van der Waals surface area contributed by atoms with E-state index in [1.165, 1.54) is 0 Å². The molecule has 2 amide bonds. The average molecular weight is 619 g/mol. The van der Waals surface area contributed by atoms with Gasteiger partial charge in [0.05, 0.1) is 19.8 Å². The van der Waals surface area contributed by atoms with E-state index in [0.29, 0.717) is 19.0 Å². The molecule has 0 aliphatic heterocycles. The maximum absolute atomic E-state index is 13.1. The highest BCUT2D eigenvalue weighted by Crippen LogP contribution is 2.39. The number of ether oxygens (including phenoxy) is 5. The van der Waals surface area contributed by atoms with Gasteiger partial charge in [0.25, 0.3) is 5.91 Å². The fourth-order valence-corrected chi connectivity index (χ4v) is 4.75. The summed E-state index contributed by atoms with van der Waals surface area (Å²) >= 11 is 0. The number of benzene rings is 3. The van der Waals surface area contributed by atoms with Crippen LogP contribution in [0.2, 0.25) is 0 Å². The molecule has 0 radical (unpaired) electrons. The van der Waals surface area contributed by atoms with Gasteiger partial charge in [-0.15, -0.1) is 0 Å². The number of hydrogen-bond donors (Lipinski definition) is 2. The Kier molecular flexibility index (Phi) is 12.8. The topological polar surface area (TPSA) is 135 Å². The van der Waals surface area contributed by atoms with Gasteiger partial charge in [-0.25, -0.2) is 9.59 Å². The van der Waals surface area contributed by atoms with Crippen LogP contribution in [0.4, 0.5) is 9.59 Å². The normalized spacial score (nSPS) is 12.6. The van der Waals surface area contributed by atoms with E-state index < -0.39 is 35.6 Å². The minimum atomic E-state index is -1.19. The van der Waals surface area contributed by atoms with E-state index in [9.17, 15) is 14.4 Å². The van der Waals surface area contributed by atoms with E-state index in [-0.39, 0.29) is 13.2 Å². The first-order chi connectivity index (χ1) is 21.5. The third-order valence-corrected chi connectivity index (χ3v) is 6.59. The van der Waals surface area contributed by atoms with Crippen LogP contribution in [0.3, 0.4) is 0 Å². The van der Waals surface area contributed by atoms with Crippen LogP contribution in [-0.4, -0.2) is 50.6 Å². The molecule has 0 spiro atoms. The minimum absolute atomic E-state index is 0.0303. The summed E-state index contributed by atoms with van der Waals surface area (Å²) in [5, 5.41) is 2.66. The lowest BCUT2D eigenvalue weighted by atomic mass is 9.73. The summed E-state index contributed by atoms with van der Waals surface area (Å²) in [5.41, 5.74) is 7.47. The number of nitrogens with one attached hydrogen (secondary N) is 1. The van der Waals surface area contributed by atoms with Crippen LogP contribution in [0.25, 0.3) is 12.2 Å². The van der Waals surface area contributed by atoms with Crippen molar-refractivity contribution in [2.24, 2.45) is 11.1 Å². The Morgan fingerprint density at radius 2 is 1.42 bits per heavy atom. The van der Waals surface area contributed by atoms with Crippen molar-refractivity contribution in [1.29, 1.82) is 0 Å². The van der Waals surface area contributed by atoms with Crippen LogP contribution < -0.4 is 25.3 Å². The van der Waals surface area contributed by atoms with Crippen molar-refractivity contribution in [3.05, 3.63) is 89.5 Å². The van der Waals surface area contributed by atoms with E-state index in [0.717, 1.165) is 28.2 Å². The minimum Gasteiger partial charge on any atom is -0.494 e. The molecule has 3 aromatic carbocycles. The highest BCUT2D eigenvalue weighted by atomic mass is 16.7. The number of carbonyl (C=O) groups excluding carboxylic acids is 3. The summed E-state index contributed by atoms with van der Waals surface area (Å²) in [6.45, 7) is 10.6. The van der Waals surface area contributed by atoms with Crippen LogP contribution in [-0.2, 0) is 14.3 Å². The van der Waals surface area contributed by atoms with Crippen molar-refractivity contribution < 1.29 is 38.1 Å². The standard InChI is InChI=1S/C35H42N2O8/c1-6-41-28-21-25(22-29(23-28)42-7-2)14-13-24-15-17-27(18-16-24)44-34(40)43-20-19-37-32(38)31(45-33(36)39)30(35(3,4)5)26-11-9-8-10-12-26/h8-18,21-23,30-31H,6-7,19-20H2,1-5H3,(H2,36,39)(H,37,38). The van der Waals surface area contributed by atoms with Gasteiger partial charge in [0.1, 0.15) is 23.9 Å². The van der Waals surface area contributed by atoms with Crippen molar-refractivity contribution in [2.45, 2.75) is 46.6 Å². The molecular weight excluding hydrogens is 576 g/mol. The van der Waals surface area contributed by atoms with Crippen molar-refractivity contribution >= 4 is 30.3 Å². The maximum Gasteiger partial charge on any atom is 0.513 e. The summed E-state index contributed by atoms with van der Waals surface area (Å²) in [6, 6.07) is 21.9. The Labute approximate surface area is 264 Å². The number of primary amides is 1. The molecule has 0 fully saturated rings. The number of carbonyl (C=O) groups is 3. The fraction of sp³-hybridized carbons (Fsp3) is 0.343. The monoisotopic (exact) mass is 618 g/mol. The molecule has 2 atom stereocenters.